The molecule has 1 atom stereocenters. The van der Waals surface area contributed by atoms with E-state index in [0.717, 1.165) is 35.2 Å². The molecule has 0 aliphatic rings. The predicted octanol–water partition coefficient (Wildman–Crippen LogP) is 3.49. The summed E-state index contributed by atoms with van der Waals surface area (Å²) < 4.78 is 6.76. The van der Waals surface area contributed by atoms with Crippen molar-refractivity contribution in [3.05, 3.63) is 28.2 Å². The van der Waals surface area contributed by atoms with Gasteiger partial charge in [0.25, 0.3) is 0 Å². The number of halogens is 1. The van der Waals surface area contributed by atoms with E-state index in [2.05, 4.69) is 34.2 Å². The molecule has 19 heavy (non-hydrogen) atoms. The maximum absolute atomic E-state index is 9.96. The van der Waals surface area contributed by atoms with Crippen molar-refractivity contribution in [1.82, 2.24) is 5.32 Å². The minimum absolute atomic E-state index is 0.573. The third-order valence-corrected chi connectivity index (χ3v) is 3.56. The molecule has 2 N–H and O–H groups in total. The van der Waals surface area contributed by atoms with E-state index in [-0.39, 0.29) is 0 Å². The molecular formula is C15H24BrNO2. The first-order valence-electron chi connectivity index (χ1n) is 6.83. The summed E-state index contributed by atoms with van der Waals surface area (Å²) in [4.78, 5) is 0. The first-order chi connectivity index (χ1) is 8.98. The molecule has 0 aliphatic heterocycles. The average Bonchev–Trinajstić information content (AvgIpc) is 2.38. The molecule has 0 aliphatic carbocycles. The van der Waals surface area contributed by atoms with Crippen molar-refractivity contribution in [2.45, 2.75) is 45.8 Å². The molecule has 1 aromatic rings. The van der Waals surface area contributed by atoms with E-state index in [9.17, 15) is 5.11 Å². The summed E-state index contributed by atoms with van der Waals surface area (Å²) in [7, 11) is 0. The number of nitrogens with one attached hydrogen (secondary N) is 1. The molecule has 0 saturated carbocycles. The SMILES string of the molecule is CCCOc1ccc(Br)cc1CNCC(C)(O)CC. The Kier molecular flexibility index (Phi) is 6.83. The lowest BCUT2D eigenvalue weighted by atomic mass is 10.0. The van der Waals surface area contributed by atoms with E-state index in [0.29, 0.717) is 13.1 Å². The van der Waals surface area contributed by atoms with Crippen LogP contribution in [0.3, 0.4) is 0 Å². The highest BCUT2D eigenvalue weighted by atomic mass is 79.9. The Balaban J connectivity index is 2.62. The van der Waals surface area contributed by atoms with Gasteiger partial charge in [0.2, 0.25) is 0 Å². The summed E-state index contributed by atoms with van der Waals surface area (Å²) in [5.41, 5.74) is 0.450. The van der Waals surface area contributed by atoms with E-state index < -0.39 is 5.60 Å². The molecule has 3 nitrogen and oxygen atoms in total. The van der Waals surface area contributed by atoms with Gasteiger partial charge in [0.1, 0.15) is 5.75 Å². The zero-order chi connectivity index (χ0) is 14.3. The van der Waals surface area contributed by atoms with E-state index in [4.69, 9.17) is 4.74 Å². The molecule has 0 radical (unpaired) electrons. The van der Waals surface area contributed by atoms with Crippen LogP contribution in [0.5, 0.6) is 5.75 Å². The van der Waals surface area contributed by atoms with Crippen LogP contribution in [0, 0.1) is 0 Å². The second-order valence-electron chi connectivity index (χ2n) is 5.05. The van der Waals surface area contributed by atoms with Crippen LogP contribution in [0.1, 0.15) is 39.2 Å². The number of hydrogen-bond donors (Lipinski definition) is 2. The second kappa shape index (κ2) is 7.88. The van der Waals surface area contributed by atoms with Crippen molar-refractivity contribution in [2.75, 3.05) is 13.2 Å². The first kappa shape index (κ1) is 16.5. The number of benzene rings is 1. The minimum atomic E-state index is -0.656. The lowest BCUT2D eigenvalue weighted by Gasteiger charge is -2.22. The Hall–Kier alpha value is -0.580. The number of rotatable bonds is 8. The fourth-order valence-electron chi connectivity index (χ4n) is 1.63. The van der Waals surface area contributed by atoms with Gasteiger partial charge >= 0.3 is 0 Å². The highest BCUT2D eigenvalue weighted by Crippen LogP contribution is 2.23. The Morgan fingerprint density at radius 2 is 2.11 bits per heavy atom. The van der Waals surface area contributed by atoms with E-state index in [1.807, 2.05) is 26.0 Å². The second-order valence-corrected chi connectivity index (χ2v) is 5.97. The third kappa shape index (κ3) is 5.93. The molecule has 1 rings (SSSR count). The third-order valence-electron chi connectivity index (χ3n) is 3.07. The zero-order valence-corrected chi connectivity index (χ0v) is 13.6. The van der Waals surface area contributed by atoms with Crippen LogP contribution < -0.4 is 10.1 Å². The Morgan fingerprint density at radius 3 is 2.74 bits per heavy atom. The van der Waals surface area contributed by atoms with Gasteiger partial charge in [-0.05, 0) is 38.0 Å². The fraction of sp³-hybridized carbons (Fsp3) is 0.600. The van der Waals surface area contributed by atoms with Crippen LogP contribution in [0.15, 0.2) is 22.7 Å². The fourth-order valence-corrected chi connectivity index (χ4v) is 2.04. The Morgan fingerprint density at radius 1 is 1.37 bits per heavy atom. The molecule has 0 aromatic heterocycles. The number of hydrogen-bond acceptors (Lipinski definition) is 3. The number of ether oxygens (including phenoxy) is 1. The van der Waals surface area contributed by atoms with Gasteiger partial charge in [0.05, 0.1) is 12.2 Å². The van der Waals surface area contributed by atoms with Crippen LogP contribution in [-0.4, -0.2) is 23.9 Å². The summed E-state index contributed by atoms with van der Waals surface area (Å²) in [5.74, 6) is 0.911. The molecule has 0 amide bonds. The van der Waals surface area contributed by atoms with E-state index >= 15 is 0 Å². The first-order valence-corrected chi connectivity index (χ1v) is 7.62. The maximum Gasteiger partial charge on any atom is 0.123 e. The van der Waals surface area contributed by atoms with Gasteiger partial charge in [-0.2, -0.15) is 0 Å². The number of aliphatic hydroxyl groups is 1. The van der Waals surface area contributed by atoms with Gasteiger partial charge in [0, 0.05) is 23.1 Å². The maximum atomic E-state index is 9.96. The molecule has 0 fully saturated rings. The van der Waals surface area contributed by atoms with Crippen molar-refractivity contribution >= 4 is 15.9 Å². The van der Waals surface area contributed by atoms with Crippen LogP contribution in [0.2, 0.25) is 0 Å². The molecule has 1 aromatic carbocycles. The zero-order valence-electron chi connectivity index (χ0n) is 12.0. The summed E-state index contributed by atoms with van der Waals surface area (Å²) in [6.07, 6.45) is 1.73. The molecule has 0 spiro atoms. The summed E-state index contributed by atoms with van der Waals surface area (Å²) in [6, 6.07) is 6.02. The van der Waals surface area contributed by atoms with Crippen LogP contribution in [0.4, 0.5) is 0 Å². The highest BCUT2D eigenvalue weighted by Gasteiger charge is 2.16. The average molecular weight is 330 g/mol. The Bertz CT molecular complexity index is 394. The van der Waals surface area contributed by atoms with Gasteiger partial charge in [-0.15, -0.1) is 0 Å². The van der Waals surface area contributed by atoms with Crippen molar-refractivity contribution in [1.29, 1.82) is 0 Å². The molecule has 1 unspecified atom stereocenters. The predicted molar refractivity (Wildman–Crippen MR) is 82.5 cm³/mol. The van der Waals surface area contributed by atoms with Crippen LogP contribution >= 0.6 is 15.9 Å². The van der Waals surface area contributed by atoms with Crippen LogP contribution in [-0.2, 0) is 6.54 Å². The van der Waals surface area contributed by atoms with Crippen molar-refractivity contribution in [3.8, 4) is 5.75 Å². The topological polar surface area (TPSA) is 41.5 Å². The monoisotopic (exact) mass is 329 g/mol. The van der Waals surface area contributed by atoms with Gasteiger partial charge in [0.15, 0.2) is 0 Å². The summed E-state index contributed by atoms with van der Waals surface area (Å²) in [6.45, 7) is 7.90. The minimum Gasteiger partial charge on any atom is -0.493 e. The summed E-state index contributed by atoms with van der Waals surface area (Å²) >= 11 is 3.48. The van der Waals surface area contributed by atoms with Crippen LogP contribution in [0.25, 0.3) is 0 Å². The largest absolute Gasteiger partial charge is 0.493 e. The molecule has 0 bridgehead atoms. The molecular weight excluding hydrogens is 306 g/mol. The molecule has 0 heterocycles. The van der Waals surface area contributed by atoms with Gasteiger partial charge < -0.3 is 15.2 Å². The van der Waals surface area contributed by atoms with E-state index in [1.54, 1.807) is 0 Å². The highest BCUT2D eigenvalue weighted by molar-refractivity contribution is 9.10. The van der Waals surface area contributed by atoms with Gasteiger partial charge in [-0.25, -0.2) is 0 Å². The molecule has 108 valence electrons. The Labute approximate surface area is 124 Å². The smallest absolute Gasteiger partial charge is 0.123 e. The quantitative estimate of drug-likeness (QED) is 0.767. The van der Waals surface area contributed by atoms with Crippen molar-refractivity contribution in [3.63, 3.8) is 0 Å². The lowest BCUT2D eigenvalue weighted by Crippen LogP contribution is -2.36. The van der Waals surface area contributed by atoms with Crippen molar-refractivity contribution < 1.29 is 9.84 Å². The van der Waals surface area contributed by atoms with Gasteiger partial charge in [-0.3, -0.25) is 0 Å². The van der Waals surface area contributed by atoms with E-state index in [1.165, 1.54) is 0 Å². The summed E-state index contributed by atoms with van der Waals surface area (Å²) in [5, 5.41) is 13.2. The normalized spacial score (nSPS) is 14.2. The lowest BCUT2D eigenvalue weighted by molar-refractivity contribution is 0.0555. The molecule has 4 heteroatoms. The molecule has 0 saturated heterocycles. The standard InChI is InChI=1S/C15H24BrNO2/c1-4-8-19-14-7-6-13(16)9-12(14)10-17-11-15(3,18)5-2/h6-7,9,17-18H,4-5,8,10-11H2,1-3H3. The van der Waals surface area contributed by atoms with Crippen molar-refractivity contribution in [2.24, 2.45) is 0 Å². The van der Waals surface area contributed by atoms with Gasteiger partial charge in [-0.1, -0.05) is 29.8 Å².